The summed E-state index contributed by atoms with van der Waals surface area (Å²) in [6.07, 6.45) is 13.0. The number of nitrogens with zero attached hydrogens (tertiary/aromatic N) is 4. The molecule has 2 aliphatic rings. The zero-order valence-corrected chi connectivity index (χ0v) is 11.0. The number of likely N-dealkylation sites (tertiary alicyclic amines) is 1. The van der Waals surface area contributed by atoms with Crippen LogP contribution in [0.2, 0.25) is 0 Å². The van der Waals surface area contributed by atoms with Crippen LogP contribution in [0.15, 0.2) is 18.3 Å². The van der Waals surface area contributed by atoms with E-state index in [9.17, 15) is 0 Å². The van der Waals surface area contributed by atoms with Gasteiger partial charge in [0.05, 0.1) is 12.2 Å². The molecule has 0 radical (unpaired) electrons. The molecule has 1 fully saturated rings. The minimum absolute atomic E-state index is 0.593. The minimum Gasteiger partial charge on any atom is -0.301 e. The molecule has 98 valence electrons. The monoisotopic (exact) mass is 246 g/mol. The predicted octanol–water partition coefficient (Wildman–Crippen LogP) is 2.20. The molecular weight excluding hydrogens is 224 g/mol. The Kier molecular flexibility index (Phi) is 3.74. The third-order valence-electron chi connectivity index (χ3n) is 4.09. The molecule has 0 aromatic carbocycles. The van der Waals surface area contributed by atoms with Crippen LogP contribution in [0, 0.1) is 0 Å². The fraction of sp³-hybridized carbons (Fsp3) is 0.714. The number of rotatable bonds is 4. The molecule has 2 heterocycles. The highest BCUT2D eigenvalue weighted by Crippen LogP contribution is 2.27. The molecule has 1 atom stereocenters. The smallest absolute Gasteiger partial charge is 0.0861 e. The first-order valence-electron chi connectivity index (χ1n) is 7.19. The van der Waals surface area contributed by atoms with Gasteiger partial charge >= 0.3 is 0 Å². The van der Waals surface area contributed by atoms with Crippen molar-refractivity contribution in [3.63, 3.8) is 0 Å². The van der Waals surface area contributed by atoms with E-state index in [2.05, 4.69) is 33.6 Å². The second-order valence-corrected chi connectivity index (χ2v) is 5.44. The summed E-state index contributed by atoms with van der Waals surface area (Å²) in [7, 11) is 0. The van der Waals surface area contributed by atoms with Crippen molar-refractivity contribution >= 4 is 0 Å². The Bertz CT molecular complexity index is 404. The van der Waals surface area contributed by atoms with Gasteiger partial charge in [0.25, 0.3) is 0 Å². The lowest BCUT2D eigenvalue weighted by molar-refractivity contribution is 0.314. The summed E-state index contributed by atoms with van der Waals surface area (Å²) < 4.78 is 2.02. The van der Waals surface area contributed by atoms with Gasteiger partial charge < -0.3 is 4.90 Å². The number of hydrogen-bond donors (Lipinski definition) is 0. The van der Waals surface area contributed by atoms with Gasteiger partial charge in [-0.2, -0.15) is 0 Å². The third kappa shape index (κ3) is 2.80. The maximum Gasteiger partial charge on any atom is 0.0861 e. The summed E-state index contributed by atoms with van der Waals surface area (Å²) >= 11 is 0. The molecule has 0 saturated carbocycles. The fourth-order valence-corrected chi connectivity index (χ4v) is 2.92. The van der Waals surface area contributed by atoms with Crippen LogP contribution in [0.5, 0.6) is 0 Å². The summed E-state index contributed by atoms with van der Waals surface area (Å²) in [5, 5.41) is 8.61. The first-order chi connectivity index (χ1) is 8.92. The van der Waals surface area contributed by atoms with Gasteiger partial charge in [-0.1, -0.05) is 17.4 Å². The number of allylic oxidation sites excluding steroid dienone is 2. The van der Waals surface area contributed by atoms with E-state index in [4.69, 9.17) is 0 Å². The Hall–Kier alpha value is -1.16. The van der Waals surface area contributed by atoms with Crippen molar-refractivity contribution in [3.8, 4) is 0 Å². The molecule has 0 bridgehead atoms. The van der Waals surface area contributed by atoms with Gasteiger partial charge in [0.15, 0.2) is 0 Å². The largest absolute Gasteiger partial charge is 0.301 e. The first kappa shape index (κ1) is 11.9. The first-order valence-corrected chi connectivity index (χ1v) is 7.19. The fourth-order valence-electron chi connectivity index (χ4n) is 2.92. The lowest BCUT2D eigenvalue weighted by Crippen LogP contribution is -2.24. The van der Waals surface area contributed by atoms with E-state index < -0.39 is 0 Å². The van der Waals surface area contributed by atoms with E-state index in [0.29, 0.717) is 5.92 Å². The molecule has 1 aromatic rings. The van der Waals surface area contributed by atoms with Crippen LogP contribution < -0.4 is 0 Å². The summed E-state index contributed by atoms with van der Waals surface area (Å²) in [5.41, 5.74) is 1.18. The highest BCUT2D eigenvalue weighted by atomic mass is 15.4. The van der Waals surface area contributed by atoms with Crippen molar-refractivity contribution in [1.82, 2.24) is 19.9 Å². The molecule has 0 unspecified atom stereocenters. The lowest BCUT2D eigenvalue weighted by Gasteiger charge is -2.14. The Morgan fingerprint density at radius 3 is 2.83 bits per heavy atom. The molecular formula is C14H22N4. The SMILES string of the molecule is C1=CC[C@@H](c2cn(CCN3CCCC3)nn2)CC1. The molecule has 0 spiro atoms. The molecule has 0 amide bonds. The van der Waals surface area contributed by atoms with E-state index in [1.165, 1.54) is 44.5 Å². The molecule has 18 heavy (non-hydrogen) atoms. The number of aromatic nitrogens is 3. The van der Waals surface area contributed by atoms with Gasteiger partial charge in [-0.15, -0.1) is 5.10 Å². The molecule has 1 aliphatic carbocycles. The topological polar surface area (TPSA) is 34.0 Å². The van der Waals surface area contributed by atoms with Crippen molar-refractivity contribution < 1.29 is 0 Å². The maximum absolute atomic E-state index is 4.35. The van der Waals surface area contributed by atoms with Crippen LogP contribution >= 0.6 is 0 Å². The zero-order chi connectivity index (χ0) is 12.2. The molecule has 1 aliphatic heterocycles. The van der Waals surface area contributed by atoms with E-state index in [0.717, 1.165) is 19.5 Å². The van der Waals surface area contributed by atoms with Crippen molar-refractivity contribution in [2.75, 3.05) is 19.6 Å². The van der Waals surface area contributed by atoms with Crippen LogP contribution in [0.4, 0.5) is 0 Å². The molecule has 4 heteroatoms. The molecule has 1 aromatic heterocycles. The Labute approximate surface area is 109 Å². The van der Waals surface area contributed by atoms with Crippen molar-refractivity contribution in [1.29, 1.82) is 0 Å². The van der Waals surface area contributed by atoms with Crippen LogP contribution in [0.1, 0.15) is 43.7 Å². The summed E-state index contributed by atoms with van der Waals surface area (Å²) in [6, 6.07) is 0. The van der Waals surface area contributed by atoms with Crippen LogP contribution in [-0.2, 0) is 6.54 Å². The lowest BCUT2D eigenvalue weighted by atomic mass is 9.92. The molecule has 4 nitrogen and oxygen atoms in total. The van der Waals surface area contributed by atoms with Crippen LogP contribution in [0.3, 0.4) is 0 Å². The van der Waals surface area contributed by atoms with Crippen molar-refractivity contribution in [2.24, 2.45) is 0 Å². The van der Waals surface area contributed by atoms with Crippen LogP contribution in [0.25, 0.3) is 0 Å². The van der Waals surface area contributed by atoms with Gasteiger partial charge in [0, 0.05) is 18.7 Å². The van der Waals surface area contributed by atoms with E-state index in [1.54, 1.807) is 0 Å². The quantitative estimate of drug-likeness (QED) is 0.764. The summed E-state index contributed by atoms with van der Waals surface area (Å²) in [4.78, 5) is 2.52. The molecule has 1 saturated heterocycles. The standard InChI is InChI=1S/C14H22N4/c1-2-6-13(7-3-1)14-12-18(16-15-14)11-10-17-8-4-5-9-17/h1-2,12-13H,3-11H2/t13-/m1/s1. The third-order valence-corrected chi connectivity index (χ3v) is 4.09. The van der Waals surface area contributed by atoms with Gasteiger partial charge in [-0.3, -0.25) is 4.68 Å². The molecule has 0 N–H and O–H groups in total. The average molecular weight is 246 g/mol. The highest BCUT2D eigenvalue weighted by molar-refractivity contribution is 5.08. The van der Waals surface area contributed by atoms with E-state index in [-0.39, 0.29) is 0 Å². The minimum atomic E-state index is 0.593. The van der Waals surface area contributed by atoms with Crippen LogP contribution in [-0.4, -0.2) is 39.5 Å². The Morgan fingerprint density at radius 2 is 2.06 bits per heavy atom. The Morgan fingerprint density at radius 1 is 1.17 bits per heavy atom. The second-order valence-electron chi connectivity index (χ2n) is 5.44. The maximum atomic E-state index is 4.35. The number of hydrogen-bond acceptors (Lipinski definition) is 3. The van der Waals surface area contributed by atoms with E-state index >= 15 is 0 Å². The van der Waals surface area contributed by atoms with Crippen molar-refractivity contribution in [3.05, 3.63) is 24.0 Å². The van der Waals surface area contributed by atoms with E-state index in [1.807, 2.05) is 4.68 Å². The zero-order valence-electron chi connectivity index (χ0n) is 11.0. The van der Waals surface area contributed by atoms with Gasteiger partial charge in [-0.25, -0.2) is 0 Å². The summed E-state index contributed by atoms with van der Waals surface area (Å²) in [5.74, 6) is 0.593. The predicted molar refractivity (Wildman–Crippen MR) is 71.4 cm³/mol. The average Bonchev–Trinajstić information content (AvgIpc) is 3.09. The summed E-state index contributed by atoms with van der Waals surface area (Å²) in [6.45, 7) is 4.62. The molecule has 3 rings (SSSR count). The van der Waals surface area contributed by atoms with Crippen molar-refractivity contribution in [2.45, 2.75) is 44.6 Å². The Balaban J connectivity index is 1.54. The van der Waals surface area contributed by atoms with Gasteiger partial charge in [-0.05, 0) is 45.2 Å². The normalized spacial score (nSPS) is 24.8. The highest BCUT2D eigenvalue weighted by Gasteiger charge is 2.16. The van der Waals surface area contributed by atoms with Gasteiger partial charge in [0.2, 0.25) is 0 Å². The second kappa shape index (κ2) is 5.65. The van der Waals surface area contributed by atoms with Gasteiger partial charge in [0.1, 0.15) is 0 Å².